The van der Waals surface area contributed by atoms with Gasteiger partial charge in [0.05, 0.1) is 6.61 Å². The minimum absolute atomic E-state index is 0.160. The van der Waals surface area contributed by atoms with Crippen molar-refractivity contribution in [3.8, 4) is 0 Å². The van der Waals surface area contributed by atoms with Crippen molar-refractivity contribution in [3.05, 3.63) is 34.1 Å². The van der Waals surface area contributed by atoms with Crippen LogP contribution in [0.25, 0.3) is 0 Å². The largest absolute Gasteiger partial charge is 0.381 e. The van der Waals surface area contributed by atoms with E-state index < -0.39 is 0 Å². The normalized spacial score (nSPS) is 20.5. The molecule has 1 aromatic rings. The Labute approximate surface area is 110 Å². The molecule has 0 bridgehead atoms. The van der Waals surface area contributed by atoms with E-state index in [0.717, 1.165) is 30.7 Å². The van der Waals surface area contributed by atoms with Gasteiger partial charge in [-0.25, -0.2) is 4.39 Å². The van der Waals surface area contributed by atoms with E-state index in [1.807, 2.05) is 12.1 Å². The van der Waals surface area contributed by atoms with Crippen molar-refractivity contribution in [1.82, 2.24) is 5.32 Å². The highest BCUT2D eigenvalue weighted by Gasteiger charge is 2.13. The maximum atomic E-state index is 13.5. The summed E-state index contributed by atoms with van der Waals surface area (Å²) in [5.41, 5.74) is 0.713. The molecule has 0 aromatic heterocycles. The second kappa shape index (κ2) is 6.47. The van der Waals surface area contributed by atoms with E-state index >= 15 is 0 Å². The van der Waals surface area contributed by atoms with Crippen LogP contribution >= 0.6 is 15.9 Å². The predicted molar refractivity (Wildman–Crippen MR) is 69.3 cm³/mol. The Bertz CT molecular complexity index is 366. The lowest BCUT2D eigenvalue weighted by Gasteiger charge is -2.22. The Hall–Kier alpha value is -0.450. The zero-order chi connectivity index (χ0) is 12.1. The summed E-state index contributed by atoms with van der Waals surface area (Å²) in [4.78, 5) is 0. The molecule has 1 N–H and O–H groups in total. The van der Waals surface area contributed by atoms with Crippen molar-refractivity contribution in [1.29, 1.82) is 0 Å². The van der Waals surface area contributed by atoms with Gasteiger partial charge in [-0.05, 0) is 30.9 Å². The van der Waals surface area contributed by atoms with Crippen LogP contribution in [0.2, 0.25) is 0 Å². The van der Waals surface area contributed by atoms with Gasteiger partial charge >= 0.3 is 0 Å². The van der Waals surface area contributed by atoms with Crippen LogP contribution < -0.4 is 5.32 Å². The van der Waals surface area contributed by atoms with Crippen LogP contribution in [0.15, 0.2) is 22.7 Å². The van der Waals surface area contributed by atoms with E-state index in [1.54, 1.807) is 0 Å². The van der Waals surface area contributed by atoms with E-state index in [-0.39, 0.29) is 5.82 Å². The Morgan fingerprint density at radius 2 is 2.35 bits per heavy atom. The first kappa shape index (κ1) is 13.0. The molecule has 1 aliphatic heterocycles. The lowest BCUT2D eigenvalue weighted by Crippen LogP contribution is -2.29. The molecular formula is C13H17BrFNO. The number of hydrogen-bond acceptors (Lipinski definition) is 2. The monoisotopic (exact) mass is 301 g/mol. The van der Waals surface area contributed by atoms with Gasteiger partial charge in [-0.1, -0.05) is 22.0 Å². The summed E-state index contributed by atoms with van der Waals surface area (Å²) in [7, 11) is 0. The quantitative estimate of drug-likeness (QED) is 0.923. The van der Waals surface area contributed by atoms with Crippen molar-refractivity contribution in [2.45, 2.75) is 19.4 Å². The molecule has 0 saturated carbocycles. The summed E-state index contributed by atoms with van der Waals surface area (Å²) in [6.07, 6.45) is 2.34. The topological polar surface area (TPSA) is 21.3 Å². The molecule has 2 rings (SSSR count). The molecule has 0 amide bonds. The molecule has 0 spiro atoms. The second-order valence-electron chi connectivity index (χ2n) is 4.45. The van der Waals surface area contributed by atoms with Gasteiger partial charge < -0.3 is 10.1 Å². The van der Waals surface area contributed by atoms with Crippen LogP contribution in [-0.4, -0.2) is 19.8 Å². The van der Waals surface area contributed by atoms with Gasteiger partial charge in [0.15, 0.2) is 0 Å². The Morgan fingerprint density at radius 1 is 1.47 bits per heavy atom. The summed E-state index contributed by atoms with van der Waals surface area (Å²) in [5, 5.41) is 3.30. The number of rotatable bonds is 4. The van der Waals surface area contributed by atoms with Crippen molar-refractivity contribution in [3.63, 3.8) is 0 Å². The first-order chi connectivity index (χ1) is 8.25. The van der Waals surface area contributed by atoms with Gasteiger partial charge in [0, 0.05) is 29.7 Å². The van der Waals surface area contributed by atoms with E-state index in [4.69, 9.17) is 4.74 Å². The Kier molecular flexibility index (Phi) is 4.95. The van der Waals surface area contributed by atoms with Crippen molar-refractivity contribution < 1.29 is 9.13 Å². The standard InChI is InChI=1S/C13H17BrFNO/c14-12-4-3-11(13(15)6-12)8-16-7-10-2-1-5-17-9-10/h3-4,6,10,16H,1-2,5,7-9H2. The fourth-order valence-corrected chi connectivity index (χ4v) is 2.38. The molecule has 94 valence electrons. The zero-order valence-electron chi connectivity index (χ0n) is 9.72. The van der Waals surface area contributed by atoms with Gasteiger partial charge in [0.2, 0.25) is 0 Å². The number of halogens is 2. The third-order valence-corrected chi connectivity index (χ3v) is 3.51. The molecule has 0 radical (unpaired) electrons. The van der Waals surface area contributed by atoms with Crippen LogP contribution in [0.5, 0.6) is 0 Å². The smallest absolute Gasteiger partial charge is 0.128 e. The van der Waals surface area contributed by atoms with Gasteiger partial charge in [-0.2, -0.15) is 0 Å². The lowest BCUT2D eigenvalue weighted by molar-refractivity contribution is 0.0547. The first-order valence-electron chi connectivity index (χ1n) is 5.98. The van der Waals surface area contributed by atoms with Gasteiger partial charge in [0.25, 0.3) is 0 Å². The third kappa shape index (κ3) is 4.05. The number of nitrogens with one attached hydrogen (secondary N) is 1. The Morgan fingerprint density at radius 3 is 3.06 bits per heavy atom. The number of hydrogen-bond donors (Lipinski definition) is 1. The molecule has 1 aliphatic rings. The molecule has 1 heterocycles. The van der Waals surface area contributed by atoms with Crippen LogP contribution in [0.4, 0.5) is 4.39 Å². The summed E-state index contributed by atoms with van der Waals surface area (Å²) in [5.74, 6) is 0.411. The summed E-state index contributed by atoms with van der Waals surface area (Å²) >= 11 is 3.25. The summed E-state index contributed by atoms with van der Waals surface area (Å²) in [6.45, 7) is 3.19. The van der Waals surface area contributed by atoms with Crippen LogP contribution in [0, 0.1) is 11.7 Å². The maximum absolute atomic E-state index is 13.5. The summed E-state index contributed by atoms with van der Waals surface area (Å²) in [6, 6.07) is 5.17. The van der Waals surface area contributed by atoms with Crippen molar-refractivity contribution in [2.75, 3.05) is 19.8 Å². The van der Waals surface area contributed by atoms with Crippen LogP contribution in [0.1, 0.15) is 18.4 Å². The fraction of sp³-hybridized carbons (Fsp3) is 0.538. The lowest BCUT2D eigenvalue weighted by atomic mass is 10.0. The predicted octanol–water partition coefficient (Wildman–Crippen LogP) is 3.10. The molecule has 0 aliphatic carbocycles. The average molecular weight is 302 g/mol. The molecule has 1 aromatic carbocycles. The SMILES string of the molecule is Fc1cc(Br)ccc1CNCC1CCCOC1. The third-order valence-electron chi connectivity index (χ3n) is 3.02. The Balaban J connectivity index is 1.77. The molecule has 1 unspecified atom stereocenters. The average Bonchev–Trinajstić information content (AvgIpc) is 2.33. The second-order valence-corrected chi connectivity index (χ2v) is 5.37. The zero-order valence-corrected chi connectivity index (χ0v) is 11.3. The molecular weight excluding hydrogens is 285 g/mol. The van der Waals surface area contributed by atoms with E-state index in [0.29, 0.717) is 18.0 Å². The fourth-order valence-electron chi connectivity index (χ4n) is 2.04. The molecule has 1 saturated heterocycles. The van der Waals surface area contributed by atoms with Crippen LogP contribution in [0.3, 0.4) is 0 Å². The molecule has 1 atom stereocenters. The first-order valence-corrected chi connectivity index (χ1v) is 6.77. The highest BCUT2D eigenvalue weighted by atomic mass is 79.9. The minimum Gasteiger partial charge on any atom is -0.381 e. The van der Waals surface area contributed by atoms with Crippen molar-refractivity contribution in [2.24, 2.45) is 5.92 Å². The van der Waals surface area contributed by atoms with Crippen molar-refractivity contribution >= 4 is 15.9 Å². The minimum atomic E-state index is -0.160. The highest BCUT2D eigenvalue weighted by molar-refractivity contribution is 9.10. The van der Waals surface area contributed by atoms with Crippen LogP contribution in [-0.2, 0) is 11.3 Å². The van der Waals surface area contributed by atoms with Gasteiger partial charge in [0.1, 0.15) is 5.82 Å². The molecule has 17 heavy (non-hydrogen) atoms. The van der Waals surface area contributed by atoms with Gasteiger partial charge in [-0.3, -0.25) is 0 Å². The molecule has 4 heteroatoms. The number of ether oxygens (including phenoxy) is 1. The van der Waals surface area contributed by atoms with Gasteiger partial charge in [-0.15, -0.1) is 0 Å². The number of benzene rings is 1. The molecule has 1 fully saturated rings. The van der Waals surface area contributed by atoms with E-state index in [9.17, 15) is 4.39 Å². The van der Waals surface area contributed by atoms with E-state index in [2.05, 4.69) is 21.2 Å². The van der Waals surface area contributed by atoms with E-state index in [1.165, 1.54) is 12.5 Å². The highest BCUT2D eigenvalue weighted by Crippen LogP contribution is 2.16. The molecule has 2 nitrogen and oxygen atoms in total. The summed E-state index contributed by atoms with van der Waals surface area (Å²) < 4.78 is 19.7. The maximum Gasteiger partial charge on any atom is 0.128 e.